The summed E-state index contributed by atoms with van der Waals surface area (Å²) in [4.78, 5) is 22.3. The molecule has 0 atom stereocenters. The Morgan fingerprint density at radius 3 is 2.57 bits per heavy atom. The van der Waals surface area contributed by atoms with Gasteiger partial charge < -0.3 is 9.73 Å². The lowest BCUT2D eigenvalue weighted by atomic mass is 10.2. The summed E-state index contributed by atoms with van der Waals surface area (Å²) in [6.45, 7) is 0. The van der Waals surface area contributed by atoms with Crippen LogP contribution < -0.4 is 5.32 Å². The third-order valence-corrected chi connectivity index (χ3v) is 2.97. The summed E-state index contributed by atoms with van der Waals surface area (Å²) in [5.41, 5.74) is 1.03. The van der Waals surface area contributed by atoms with Gasteiger partial charge in [-0.05, 0) is 24.3 Å². The van der Waals surface area contributed by atoms with E-state index in [1.807, 2.05) is 6.07 Å². The van der Waals surface area contributed by atoms with Crippen molar-refractivity contribution in [1.82, 2.24) is 0 Å². The van der Waals surface area contributed by atoms with E-state index in [9.17, 15) is 14.9 Å². The van der Waals surface area contributed by atoms with Crippen molar-refractivity contribution in [3.8, 4) is 0 Å². The zero-order valence-corrected chi connectivity index (χ0v) is 10.8. The first kappa shape index (κ1) is 12.9. The van der Waals surface area contributed by atoms with Crippen molar-refractivity contribution < 1.29 is 14.1 Å². The van der Waals surface area contributed by atoms with Crippen LogP contribution in [0.3, 0.4) is 0 Å². The molecule has 1 aromatic heterocycles. The highest BCUT2D eigenvalue weighted by molar-refractivity contribution is 6.04. The lowest BCUT2D eigenvalue weighted by Gasteiger charge is -2.01. The zero-order valence-electron chi connectivity index (χ0n) is 10.8. The average Bonchev–Trinajstić information content (AvgIpc) is 2.91. The largest absolute Gasteiger partial charge is 0.451 e. The third kappa shape index (κ3) is 2.59. The van der Waals surface area contributed by atoms with E-state index >= 15 is 0 Å². The van der Waals surface area contributed by atoms with E-state index in [0.717, 1.165) is 0 Å². The molecule has 104 valence electrons. The van der Waals surface area contributed by atoms with Crippen molar-refractivity contribution in [3.05, 3.63) is 70.5 Å². The number of non-ortho nitro benzene ring substituents is 1. The Balaban J connectivity index is 1.90. The van der Waals surface area contributed by atoms with Gasteiger partial charge in [-0.25, -0.2) is 0 Å². The van der Waals surface area contributed by atoms with E-state index in [-0.39, 0.29) is 11.4 Å². The van der Waals surface area contributed by atoms with Gasteiger partial charge in [0.2, 0.25) is 0 Å². The zero-order chi connectivity index (χ0) is 14.8. The Morgan fingerprint density at radius 1 is 1.10 bits per heavy atom. The molecule has 6 nitrogen and oxygen atoms in total. The van der Waals surface area contributed by atoms with E-state index < -0.39 is 10.8 Å². The highest BCUT2D eigenvalue weighted by Gasteiger charge is 2.15. The molecule has 0 aliphatic heterocycles. The van der Waals surface area contributed by atoms with Gasteiger partial charge in [0.15, 0.2) is 5.76 Å². The summed E-state index contributed by atoms with van der Waals surface area (Å²) in [5, 5.41) is 13.9. The minimum Gasteiger partial charge on any atom is -0.451 e. The molecule has 0 aliphatic carbocycles. The number of carbonyl (C=O) groups excluding carboxylic acids is 1. The fourth-order valence-electron chi connectivity index (χ4n) is 1.97. The van der Waals surface area contributed by atoms with Gasteiger partial charge in [-0.15, -0.1) is 0 Å². The fourth-order valence-corrected chi connectivity index (χ4v) is 1.97. The van der Waals surface area contributed by atoms with Gasteiger partial charge in [0.05, 0.1) is 4.92 Å². The van der Waals surface area contributed by atoms with Crippen LogP contribution in [-0.2, 0) is 0 Å². The topological polar surface area (TPSA) is 85.4 Å². The molecule has 0 spiro atoms. The number of para-hydroxylation sites is 1. The number of fused-ring (bicyclic) bond motifs is 1. The molecule has 6 heteroatoms. The molecule has 1 N–H and O–H groups in total. The summed E-state index contributed by atoms with van der Waals surface area (Å²) in [7, 11) is 0. The Labute approximate surface area is 119 Å². The average molecular weight is 282 g/mol. The second kappa shape index (κ2) is 5.09. The number of nitrogens with one attached hydrogen (secondary N) is 1. The molecule has 0 saturated carbocycles. The highest BCUT2D eigenvalue weighted by atomic mass is 16.6. The Hall–Kier alpha value is -3.15. The number of nitrogens with zero attached hydrogens (tertiary/aromatic N) is 1. The van der Waals surface area contributed by atoms with Crippen LogP contribution in [0, 0.1) is 10.1 Å². The van der Waals surface area contributed by atoms with Gasteiger partial charge in [0, 0.05) is 23.2 Å². The van der Waals surface area contributed by atoms with Crippen LogP contribution in [0.2, 0.25) is 0 Å². The van der Waals surface area contributed by atoms with Crippen molar-refractivity contribution >= 4 is 28.3 Å². The van der Waals surface area contributed by atoms with E-state index in [1.54, 1.807) is 24.3 Å². The van der Waals surface area contributed by atoms with Crippen LogP contribution >= 0.6 is 0 Å². The molecule has 0 fully saturated rings. The van der Waals surface area contributed by atoms with Gasteiger partial charge in [0.25, 0.3) is 11.6 Å². The summed E-state index contributed by atoms with van der Waals surface area (Å²) >= 11 is 0. The molecule has 3 aromatic rings. The molecule has 0 aliphatic rings. The minimum absolute atomic E-state index is 0.0432. The minimum atomic E-state index is -0.490. The smallest absolute Gasteiger partial charge is 0.291 e. The van der Waals surface area contributed by atoms with Crippen molar-refractivity contribution in [3.63, 3.8) is 0 Å². The summed E-state index contributed by atoms with van der Waals surface area (Å²) < 4.78 is 5.40. The first-order chi connectivity index (χ1) is 10.1. The van der Waals surface area contributed by atoms with Gasteiger partial charge in [-0.2, -0.15) is 0 Å². The second-order valence-corrected chi connectivity index (χ2v) is 4.41. The van der Waals surface area contributed by atoms with E-state index in [2.05, 4.69) is 5.32 Å². The van der Waals surface area contributed by atoms with Crippen LogP contribution in [0.15, 0.2) is 59.0 Å². The maximum atomic E-state index is 12.1. The molecule has 2 aromatic carbocycles. The van der Waals surface area contributed by atoms with Gasteiger partial charge >= 0.3 is 0 Å². The number of anilines is 1. The molecule has 3 rings (SSSR count). The monoisotopic (exact) mass is 282 g/mol. The third-order valence-electron chi connectivity index (χ3n) is 2.97. The molecular weight excluding hydrogens is 272 g/mol. The van der Waals surface area contributed by atoms with E-state index in [4.69, 9.17) is 4.42 Å². The normalized spacial score (nSPS) is 10.5. The Morgan fingerprint density at radius 2 is 1.86 bits per heavy atom. The number of hydrogen-bond acceptors (Lipinski definition) is 4. The second-order valence-electron chi connectivity index (χ2n) is 4.41. The molecular formula is C15H10N2O4. The summed E-state index contributed by atoms with van der Waals surface area (Å²) in [6, 6.07) is 14.6. The molecule has 0 bridgehead atoms. The SMILES string of the molecule is O=C(Nc1ccccc1)c1cc2cc([N+](=O)[O-])ccc2o1. The van der Waals surface area contributed by atoms with Gasteiger partial charge in [-0.3, -0.25) is 14.9 Å². The van der Waals surface area contributed by atoms with Crippen LogP contribution in [0.1, 0.15) is 10.6 Å². The van der Waals surface area contributed by atoms with Crippen LogP contribution in [-0.4, -0.2) is 10.8 Å². The number of hydrogen-bond donors (Lipinski definition) is 1. The fraction of sp³-hybridized carbons (Fsp3) is 0. The Bertz CT molecular complexity index is 824. The molecule has 1 heterocycles. The first-order valence-corrected chi connectivity index (χ1v) is 6.18. The Kier molecular flexibility index (Phi) is 3.12. The molecule has 0 saturated heterocycles. The molecule has 1 amide bonds. The van der Waals surface area contributed by atoms with Crippen molar-refractivity contribution in [2.24, 2.45) is 0 Å². The maximum absolute atomic E-state index is 12.1. The van der Waals surface area contributed by atoms with Crippen LogP contribution in [0.5, 0.6) is 0 Å². The lowest BCUT2D eigenvalue weighted by molar-refractivity contribution is -0.384. The standard InChI is InChI=1S/C15H10N2O4/c18-15(16-11-4-2-1-3-5-11)14-9-10-8-12(17(19)20)6-7-13(10)21-14/h1-9H,(H,16,18). The number of carbonyl (C=O) groups is 1. The van der Waals surface area contributed by atoms with Crippen LogP contribution in [0.25, 0.3) is 11.0 Å². The molecule has 21 heavy (non-hydrogen) atoms. The van der Waals surface area contributed by atoms with E-state index in [1.165, 1.54) is 24.3 Å². The predicted octanol–water partition coefficient (Wildman–Crippen LogP) is 3.59. The number of rotatable bonds is 3. The number of nitro benzene ring substituents is 1. The summed E-state index contributed by atoms with van der Waals surface area (Å²) in [6.07, 6.45) is 0. The number of furan rings is 1. The van der Waals surface area contributed by atoms with Crippen LogP contribution in [0.4, 0.5) is 11.4 Å². The van der Waals surface area contributed by atoms with Gasteiger partial charge in [-0.1, -0.05) is 18.2 Å². The summed E-state index contributed by atoms with van der Waals surface area (Å²) in [5.74, 6) is -0.297. The predicted molar refractivity (Wildman–Crippen MR) is 77.3 cm³/mol. The number of amides is 1. The maximum Gasteiger partial charge on any atom is 0.291 e. The van der Waals surface area contributed by atoms with Crippen molar-refractivity contribution in [2.75, 3.05) is 5.32 Å². The van der Waals surface area contributed by atoms with E-state index in [0.29, 0.717) is 16.7 Å². The van der Waals surface area contributed by atoms with Crippen molar-refractivity contribution in [2.45, 2.75) is 0 Å². The first-order valence-electron chi connectivity index (χ1n) is 6.18. The van der Waals surface area contributed by atoms with Crippen molar-refractivity contribution in [1.29, 1.82) is 0 Å². The number of benzene rings is 2. The highest BCUT2D eigenvalue weighted by Crippen LogP contribution is 2.24. The quantitative estimate of drug-likeness (QED) is 0.587. The molecule has 0 unspecified atom stereocenters. The number of nitro groups is 1. The lowest BCUT2D eigenvalue weighted by Crippen LogP contribution is -2.10. The van der Waals surface area contributed by atoms with Gasteiger partial charge in [0.1, 0.15) is 5.58 Å². The molecule has 0 radical (unpaired) electrons.